The number of carbonyl (C=O) groups is 2. The number of carbonyl (C=O) groups excluding carboxylic acids is 2. The van der Waals surface area contributed by atoms with Gasteiger partial charge in [0.15, 0.2) is 0 Å². The lowest BCUT2D eigenvalue weighted by molar-refractivity contribution is -0.119. The largest absolute Gasteiger partial charge is 0.338 e. The van der Waals surface area contributed by atoms with Crippen molar-refractivity contribution < 1.29 is 9.59 Å². The van der Waals surface area contributed by atoms with Gasteiger partial charge in [-0.25, -0.2) is 4.79 Å². The normalized spacial score (nSPS) is 12.2. The molecule has 0 fully saturated rings. The number of fused-ring (bicyclic) bond motifs is 1. The van der Waals surface area contributed by atoms with Crippen LogP contribution in [0, 0.1) is 5.92 Å². The third-order valence-corrected chi connectivity index (χ3v) is 3.78. The van der Waals surface area contributed by atoms with Crippen molar-refractivity contribution in [2.24, 2.45) is 5.92 Å². The first-order valence-electron chi connectivity index (χ1n) is 8.26. The van der Waals surface area contributed by atoms with Crippen molar-refractivity contribution >= 4 is 22.7 Å². The molecule has 0 saturated carbocycles. The summed E-state index contributed by atoms with van der Waals surface area (Å²) in [6.07, 6.45) is 0. The monoisotopic (exact) mass is 327 g/mol. The summed E-state index contributed by atoms with van der Waals surface area (Å²) in [6.45, 7) is 6.62. The molecule has 5 heteroatoms. The minimum atomic E-state index is -0.451. The molecule has 2 rings (SSSR count). The quantitative estimate of drug-likeness (QED) is 0.764. The van der Waals surface area contributed by atoms with Gasteiger partial charge in [-0.2, -0.15) is 0 Å². The Morgan fingerprint density at radius 2 is 1.71 bits per heavy atom. The van der Waals surface area contributed by atoms with E-state index >= 15 is 0 Å². The first-order valence-corrected chi connectivity index (χ1v) is 8.26. The highest BCUT2D eigenvalue weighted by atomic mass is 16.2. The summed E-state index contributed by atoms with van der Waals surface area (Å²) < 4.78 is 0. The first kappa shape index (κ1) is 17.9. The summed E-state index contributed by atoms with van der Waals surface area (Å²) in [7, 11) is 0. The average Bonchev–Trinajstić information content (AvgIpc) is 2.57. The summed E-state index contributed by atoms with van der Waals surface area (Å²) in [4.78, 5) is 23.4. The van der Waals surface area contributed by atoms with Gasteiger partial charge in [0.25, 0.3) is 0 Å². The van der Waals surface area contributed by atoms with Crippen LogP contribution in [0.2, 0.25) is 0 Å². The summed E-state index contributed by atoms with van der Waals surface area (Å²) in [5, 5.41) is 10.5. The fourth-order valence-electron chi connectivity index (χ4n) is 2.50. The van der Waals surface area contributed by atoms with E-state index in [0.717, 1.165) is 10.9 Å². The van der Waals surface area contributed by atoms with E-state index in [4.69, 9.17) is 0 Å². The van der Waals surface area contributed by atoms with Gasteiger partial charge < -0.3 is 10.6 Å². The van der Waals surface area contributed by atoms with Gasteiger partial charge in [0.2, 0.25) is 5.91 Å². The Labute approximate surface area is 142 Å². The SMILES string of the molecule is CC(C)CNC(=O)NC(=O)CN[C@@H](C)c1cccc2ccccc12. The van der Waals surface area contributed by atoms with Crippen LogP contribution >= 0.6 is 0 Å². The lowest BCUT2D eigenvalue weighted by Crippen LogP contribution is -2.44. The molecule has 0 aromatic heterocycles. The fourth-order valence-corrected chi connectivity index (χ4v) is 2.50. The van der Waals surface area contributed by atoms with Gasteiger partial charge in [-0.3, -0.25) is 10.1 Å². The van der Waals surface area contributed by atoms with E-state index in [9.17, 15) is 9.59 Å². The van der Waals surface area contributed by atoms with Gasteiger partial charge in [-0.1, -0.05) is 56.3 Å². The van der Waals surface area contributed by atoms with Gasteiger partial charge in [0, 0.05) is 12.6 Å². The maximum atomic E-state index is 11.9. The summed E-state index contributed by atoms with van der Waals surface area (Å²) >= 11 is 0. The number of urea groups is 1. The molecular formula is C19H25N3O2. The van der Waals surface area contributed by atoms with Gasteiger partial charge in [0.05, 0.1) is 6.54 Å². The Morgan fingerprint density at radius 3 is 2.46 bits per heavy atom. The molecule has 0 heterocycles. The molecule has 0 unspecified atom stereocenters. The molecule has 128 valence electrons. The predicted molar refractivity (Wildman–Crippen MR) is 96.7 cm³/mol. The molecule has 0 bridgehead atoms. The number of amides is 3. The summed E-state index contributed by atoms with van der Waals surface area (Å²) in [5.41, 5.74) is 1.13. The molecule has 3 amide bonds. The molecule has 5 nitrogen and oxygen atoms in total. The number of rotatable bonds is 6. The maximum absolute atomic E-state index is 11.9. The van der Waals surface area contributed by atoms with Crippen LogP contribution in [-0.4, -0.2) is 25.0 Å². The van der Waals surface area contributed by atoms with Crippen molar-refractivity contribution in [3.8, 4) is 0 Å². The Bertz CT molecular complexity index is 707. The predicted octanol–water partition coefficient (Wildman–Crippen LogP) is 2.97. The molecule has 0 spiro atoms. The van der Waals surface area contributed by atoms with Crippen molar-refractivity contribution in [3.63, 3.8) is 0 Å². The minimum Gasteiger partial charge on any atom is -0.338 e. The number of hydrogen-bond acceptors (Lipinski definition) is 3. The molecule has 2 aromatic carbocycles. The van der Waals surface area contributed by atoms with Crippen LogP contribution in [0.5, 0.6) is 0 Å². The van der Waals surface area contributed by atoms with Crippen LogP contribution in [0.15, 0.2) is 42.5 Å². The Balaban J connectivity index is 1.89. The van der Waals surface area contributed by atoms with Gasteiger partial charge >= 0.3 is 6.03 Å². The molecule has 0 aliphatic rings. The van der Waals surface area contributed by atoms with Crippen molar-refractivity contribution in [3.05, 3.63) is 48.0 Å². The number of nitrogens with one attached hydrogen (secondary N) is 3. The first-order chi connectivity index (χ1) is 11.5. The Hall–Kier alpha value is -2.40. The van der Waals surface area contributed by atoms with Crippen LogP contribution < -0.4 is 16.0 Å². The topological polar surface area (TPSA) is 70.2 Å². The van der Waals surface area contributed by atoms with Gasteiger partial charge in [0.1, 0.15) is 0 Å². The van der Waals surface area contributed by atoms with Crippen molar-refractivity contribution in [1.29, 1.82) is 0 Å². The number of hydrogen-bond donors (Lipinski definition) is 3. The molecule has 1 atom stereocenters. The molecular weight excluding hydrogens is 302 g/mol. The third kappa shape index (κ3) is 5.06. The van der Waals surface area contributed by atoms with Gasteiger partial charge in [-0.15, -0.1) is 0 Å². The van der Waals surface area contributed by atoms with E-state index in [1.54, 1.807) is 0 Å². The van der Waals surface area contributed by atoms with E-state index in [2.05, 4.69) is 34.1 Å². The summed E-state index contributed by atoms with van der Waals surface area (Å²) in [5.74, 6) is -0.00120. The Morgan fingerprint density at radius 1 is 1.00 bits per heavy atom. The zero-order valence-corrected chi connectivity index (χ0v) is 14.4. The van der Waals surface area contributed by atoms with Gasteiger partial charge in [-0.05, 0) is 29.2 Å². The Kier molecular flexibility index (Phi) is 6.32. The highest BCUT2D eigenvalue weighted by Crippen LogP contribution is 2.23. The van der Waals surface area contributed by atoms with Crippen LogP contribution in [0.3, 0.4) is 0 Å². The second kappa shape index (κ2) is 8.45. The molecule has 0 radical (unpaired) electrons. The van der Waals surface area contributed by atoms with Crippen LogP contribution in [0.4, 0.5) is 4.79 Å². The standard InChI is InChI=1S/C19H25N3O2/c1-13(2)11-21-19(24)22-18(23)12-20-14(3)16-10-6-8-15-7-4-5-9-17(15)16/h4-10,13-14,20H,11-12H2,1-3H3,(H2,21,22,23,24)/t14-/m0/s1. The molecule has 0 saturated heterocycles. The molecule has 24 heavy (non-hydrogen) atoms. The third-order valence-electron chi connectivity index (χ3n) is 3.78. The van der Waals surface area contributed by atoms with E-state index in [1.165, 1.54) is 5.39 Å². The molecule has 2 aromatic rings. The lowest BCUT2D eigenvalue weighted by atomic mass is 10.00. The van der Waals surface area contributed by atoms with Crippen molar-refractivity contribution in [1.82, 2.24) is 16.0 Å². The minimum absolute atomic E-state index is 0.000533. The number of benzene rings is 2. The maximum Gasteiger partial charge on any atom is 0.321 e. The second-order valence-electron chi connectivity index (χ2n) is 6.32. The van der Waals surface area contributed by atoms with E-state index < -0.39 is 6.03 Å². The zero-order chi connectivity index (χ0) is 17.5. The molecule has 3 N–H and O–H groups in total. The van der Waals surface area contributed by atoms with E-state index in [0.29, 0.717) is 12.5 Å². The van der Waals surface area contributed by atoms with E-state index in [-0.39, 0.29) is 18.5 Å². The highest BCUT2D eigenvalue weighted by Gasteiger charge is 2.12. The van der Waals surface area contributed by atoms with E-state index in [1.807, 2.05) is 45.0 Å². The zero-order valence-electron chi connectivity index (χ0n) is 14.4. The number of imide groups is 1. The van der Waals surface area contributed by atoms with Crippen molar-refractivity contribution in [2.45, 2.75) is 26.8 Å². The van der Waals surface area contributed by atoms with Crippen LogP contribution in [0.25, 0.3) is 10.8 Å². The fraction of sp³-hybridized carbons (Fsp3) is 0.368. The van der Waals surface area contributed by atoms with Crippen LogP contribution in [-0.2, 0) is 4.79 Å². The smallest absolute Gasteiger partial charge is 0.321 e. The second-order valence-corrected chi connectivity index (χ2v) is 6.32. The molecule has 0 aliphatic heterocycles. The van der Waals surface area contributed by atoms with Crippen LogP contribution in [0.1, 0.15) is 32.4 Å². The molecule has 0 aliphatic carbocycles. The summed E-state index contributed by atoms with van der Waals surface area (Å²) in [6, 6.07) is 13.8. The lowest BCUT2D eigenvalue weighted by Gasteiger charge is -2.16. The highest BCUT2D eigenvalue weighted by molar-refractivity contribution is 5.95. The average molecular weight is 327 g/mol. The van der Waals surface area contributed by atoms with Crippen molar-refractivity contribution in [2.75, 3.05) is 13.1 Å².